The highest BCUT2D eigenvalue weighted by Gasteiger charge is 2.28. The van der Waals surface area contributed by atoms with E-state index >= 15 is 0 Å². The molecule has 1 atom stereocenters. The topological polar surface area (TPSA) is 18.5 Å². The number of rotatable bonds is 6. The summed E-state index contributed by atoms with van der Waals surface area (Å²) in [5.41, 5.74) is 1.45. The first-order chi connectivity index (χ1) is 10.8. The molecule has 3 rings (SSSR count). The fraction of sp³-hybridized carbons (Fsp3) is 0.684. The van der Waals surface area contributed by atoms with E-state index in [0.717, 1.165) is 18.5 Å². The van der Waals surface area contributed by atoms with Crippen molar-refractivity contribution in [3.05, 3.63) is 35.9 Å². The van der Waals surface area contributed by atoms with Crippen molar-refractivity contribution >= 4 is 0 Å². The number of likely N-dealkylation sites (tertiary alicyclic amines) is 1. The van der Waals surface area contributed by atoms with Crippen LogP contribution in [0, 0.1) is 5.92 Å². The van der Waals surface area contributed by atoms with Gasteiger partial charge in [0.05, 0.1) is 0 Å². The molecule has 122 valence electrons. The number of hydrogen-bond acceptors (Lipinski definition) is 3. The molecule has 2 fully saturated rings. The minimum absolute atomic E-state index is 0.767. The summed E-state index contributed by atoms with van der Waals surface area (Å²) in [5.74, 6) is 0.907. The molecule has 1 N–H and O–H groups in total. The molecule has 3 nitrogen and oxygen atoms in total. The number of nitrogens with zero attached hydrogens (tertiary/aromatic N) is 2. The fourth-order valence-corrected chi connectivity index (χ4v) is 4.03. The van der Waals surface area contributed by atoms with E-state index in [9.17, 15) is 0 Å². The molecule has 2 saturated heterocycles. The zero-order chi connectivity index (χ0) is 15.2. The molecule has 1 aromatic carbocycles. The Labute approximate surface area is 135 Å². The van der Waals surface area contributed by atoms with Crippen LogP contribution in [0.3, 0.4) is 0 Å². The van der Waals surface area contributed by atoms with Gasteiger partial charge >= 0.3 is 0 Å². The smallest absolute Gasteiger partial charge is 0.0235 e. The van der Waals surface area contributed by atoms with E-state index in [0.29, 0.717) is 0 Å². The van der Waals surface area contributed by atoms with Crippen LogP contribution in [0.2, 0.25) is 0 Å². The van der Waals surface area contributed by atoms with Crippen molar-refractivity contribution in [1.82, 2.24) is 15.1 Å². The van der Waals surface area contributed by atoms with Crippen LogP contribution in [0.25, 0.3) is 0 Å². The van der Waals surface area contributed by atoms with E-state index < -0.39 is 0 Å². The molecule has 2 aliphatic rings. The molecule has 0 amide bonds. The molecule has 3 heteroatoms. The normalized spacial score (nSPS) is 24.2. The lowest BCUT2D eigenvalue weighted by Gasteiger charge is -2.33. The van der Waals surface area contributed by atoms with Crippen molar-refractivity contribution in [2.75, 3.05) is 39.3 Å². The summed E-state index contributed by atoms with van der Waals surface area (Å²) in [6.07, 6.45) is 4.06. The molecule has 2 aliphatic heterocycles. The summed E-state index contributed by atoms with van der Waals surface area (Å²) in [4.78, 5) is 5.38. The highest BCUT2D eigenvalue weighted by molar-refractivity contribution is 5.14. The molecular weight excluding hydrogens is 270 g/mol. The Morgan fingerprint density at radius 3 is 2.64 bits per heavy atom. The van der Waals surface area contributed by atoms with E-state index in [4.69, 9.17) is 0 Å². The number of likely N-dealkylation sites (N-methyl/N-ethyl adjacent to an activating group) is 1. The van der Waals surface area contributed by atoms with Crippen LogP contribution >= 0.6 is 0 Å². The molecule has 0 spiro atoms. The lowest BCUT2D eigenvalue weighted by atomic mass is 9.97. The maximum atomic E-state index is 3.48. The van der Waals surface area contributed by atoms with E-state index in [-0.39, 0.29) is 0 Å². The summed E-state index contributed by atoms with van der Waals surface area (Å²) in [6, 6.07) is 11.7. The third-order valence-electron chi connectivity index (χ3n) is 5.37. The van der Waals surface area contributed by atoms with Crippen LogP contribution in [0.5, 0.6) is 0 Å². The Kier molecular flexibility index (Phi) is 5.88. The Bertz CT molecular complexity index is 428. The lowest BCUT2D eigenvalue weighted by molar-refractivity contribution is 0.157. The van der Waals surface area contributed by atoms with Crippen LogP contribution in [0.1, 0.15) is 31.7 Å². The third kappa shape index (κ3) is 4.31. The zero-order valence-corrected chi connectivity index (χ0v) is 14.0. The van der Waals surface area contributed by atoms with E-state index in [1.165, 1.54) is 64.1 Å². The van der Waals surface area contributed by atoms with Crippen LogP contribution in [-0.4, -0.2) is 55.1 Å². The van der Waals surface area contributed by atoms with Crippen molar-refractivity contribution in [3.8, 4) is 0 Å². The van der Waals surface area contributed by atoms with Gasteiger partial charge in [-0.15, -0.1) is 0 Å². The molecule has 0 saturated carbocycles. The van der Waals surface area contributed by atoms with Gasteiger partial charge < -0.3 is 5.32 Å². The van der Waals surface area contributed by atoms with Gasteiger partial charge in [0.1, 0.15) is 0 Å². The van der Waals surface area contributed by atoms with E-state index in [2.05, 4.69) is 52.4 Å². The van der Waals surface area contributed by atoms with Gasteiger partial charge in [-0.2, -0.15) is 0 Å². The molecule has 0 aliphatic carbocycles. The number of hydrogen-bond donors (Lipinski definition) is 1. The molecule has 2 heterocycles. The third-order valence-corrected chi connectivity index (χ3v) is 5.37. The van der Waals surface area contributed by atoms with Gasteiger partial charge in [0, 0.05) is 32.2 Å². The molecule has 0 radical (unpaired) electrons. The van der Waals surface area contributed by atoms with Crippen molar-refractivity contribution in [2.45, 2.75) is 38.8 Å². The predicted molar refractivity (Wildman–Crippen MR) is 93.0 cm³/mol. The molecule has 1 aromatic rings. The lowest BCUT2D eigenvalue weighted by Crippen LogP contribution is -2.42. The van der Waals surface area contributed by atoms with Crippen molar-refractivity contribution in [1.29, 1.82) is 0 Å². The summed E-state index contributed by atoms with van der Waals surface area (Å²) in [7, 11) is 0. The first-order valence-corrected chi connectivity index (χ1v) is 9.06. The maximum absolute atomic E-state index is 3.48. The second kappa shape index (κ2) is 8.09. The molecule has 1 unspecified atom stereocenters. The monoisotopic (exact) mass is 301 g/mol. The summed E-state index contributed by atoms with van der Waals surface area (Å²) in [6.45, 7) is 10.9. The van der Waals surface area contributed by atoms with Gasteiger partial charge in [-0.25, -0.2) is 0 Å². The van der Waals surface area contributed by atoms with Gasteiger partial charge in [0.25, 0.3) is 0 Å². The van der Waals surface area contributed by atoms with Crippen LogP contribution in [0.4, 0.5) is 0 Å². The Morgan fingerprint density at radius 2 is 1.91 bits per heavy atom. The second-order valence-electron chi connectivity index (χ2n) is 6.94. The van der Waals surface area contributed by atoms with Gasteiger partial charge in [0.15, 0.2) is 0 Å². The summed E-state index contributed by atoms with van der Waals surface area (Å²) in [5, 5.41) is 3.48. The molecule has 22 heavy (non-hydrogen) atoms. The van der Waals surface area contributed by atoms with Crippen molar-refractivity contribution in [2.24, 2.45) is 5.92 Å². The first kappa shape index (κ1) is 16.0. The van der Waals surface area contributed by atoms with Crippen molar-refractivity contribution < 1.29 is 0 Å². The van der Waals surface area contributed by atoms with Crippen LogP contribution in [-0.2, 0) is 6.54 Å². The Balaban J connectivity index is 1.49. The highest BCUT2D eigenvalue weighted by atomic mass is 15.2. The average molecular weight is 301 g/mol. The Morgan fingerprint density at radius 1 is 1.14 bits per heavy atom. The predicted octanol–water partition coefficient (Wildman–Crippen LogP) is 2.58. The van der Waals surface area contributed by atoms with E-state index in [1.807, 2.05) is 0 Å². The summed E-state index contributed by atoms with van der Waals surface area (Å²) < 4.78 is 0. The van der Waals surface area contributed by atoms with E-state index in [1.54, 1.807) is 0 Å². The van der Waals surface area contributed by atoms with Gasteiger partial charge in [-0.1, -0.05) is 37.3 Å². The second-order valence-corrected chi connectivity index (χ2v) is 6.94. The van der Waals surface area contributed by atoms with Crippen molar-refractivity contribution in [3.63, 3.8) is 0 Å². The van der Waals surface area contributed by atoms with Crippen LogP contribution < -0.4 is 5.32 Å². The van der Waals surface area contributed by atoms with Gasteiger partial charge in [0.2, 0.25) is 0 Å². The van der Waals surface area contributed by atoms with Crippen LogP contribution in [0.15, 0.2) is 30.3 Å². The minimum atomic E-state index is 0.767. The molecule has 0 aromatic heterocycles. The Hall–Kier alpha value is -0.900. The van der Waals surface area contributed by atoms with Gasteiger partial charge in [-0.05, 0) is 50.4 Å². The number of piperidine rings is 1. The minimum Gasteiger partial charge on any atom is -0.317 e. The zero-order valence-electron chi connectivity index (χ0n) is 14.0. The average Bonchev–Trinajstić information content (AvgIpc) is 3.03. The maximum Gasteiger partial charge on any atom is 0.0235 e. The summed E-state index contributed by atoms with van der Waals surface area (Å²) >= 11 is 0. The molecule has 0 bridgehead atoms. The quantitative estimate of drug-likeness (QED) is 0.871. The number of nitrogens with one attached hydrogen (secondary N) is 1. The molecular formula is C19H31N3. The first-order valence-electron chi connectivity index (χ1n) is 9.06. The standard InChI is InChI=1S/C19H31N3/c1-2-22(15-18-8-11-20-12-9-18)19-10-13-21(16-19)14-17-6-4-3-5-7-17/h3-7,18-20H,2,8-16H2,1H3. The highest BCUT2D eigenvalue weighted by Crippen LogP contribution is 2.21. The fourth-order valence-electron chi connectivity index (χ4n) is 4.03. The SMILES string of the molecule is CCN(CC1CCNCC1)C1CCN(Cc2ccccc2)C1. The number of benzene rings is 1. The largest absolute Gasteiger partial charge is 0.317 e. The van der Waals surface area contributed by atoms with Gasteiger partial charge in [-0.3, -0.25) is 9.80 Å².